The SMILES string of the molecule is COc1cccc(OC)c1Cn1cnc2nccnc2c1=O. The van der Waals surface area contributed by atoms with Gasteiger partial charge in [-0.05, 0) is 12.1 Å². The van der Waals surface area contributed by atoms with Crippen LogP contribution in [-0.2, 0) is 6.54 Å². The number of hydrogen-bond donors (Lipinski definition) is 0. The van der Waals surface area contributed by atoms with E-state index >= 15 is 0 Å². The third-order valence-electron chi connectivity index (χ3n) is 3.32. The van der Waals surface area contributed by atoms with Crippen molar-refractivity contribution in [3.63, 3.8) is 0 Å². The van der Waals surface area contributed by atoms with Crippen LogP contribution in [0.15, 0.2) is 41.7 Å². The maximum atomic E-state index is 12.5. The highest BCUT2D eigenvalue weighted by Gasteiger charge is 2.13. The van der Waals surface area contributed by atoms with E-state index < -0.39 is 0 Å². The molecule has 0 aliphatic rings. The summed E-state index contributed by atoms with van der Waals surface area (Å²) in [5.41, 5.74) is 1.07. The Labute approximate surface area is 126 Å². The molecule has 7 heteroatoms. The lowest BCUT2D eigenvalue weighted by Crippen LogP contribution is -2.22. The number of ether oxygens (including phenoxy) is 2. The minimum atomic E-state index is -0.258. The number of benzene rings is 1. The third kappa shape index (κ3) is 2.37. The van der Waals surface area contributed by atoms with E-state index in [0.717, 1.165) is 5.56 Å². The molecule has 3 rings (SSSR count). The van der Waals surface area contributed by atoms with Gasteiger partial charge < -0.3 is 9.47 Å². The number of aromatic nitrogens is 4. The zero-order chi connectivity index (χ0) is 15.5. The molecule has 0 aliphatic heterocycles. The van der Waals surface area contributed by atoms with Crippen molar-refractivity contribution < 1.29 is 9.47 Å². The predicted molar refractivity (Wildman–Crippen MR) is 80.2 cm³/mol. The molecule has 0 radical (unpaired) electrons. The summed E-state index contributed by atoms with van der Waals surface area (Å²) in [4.78, 5) is 24.7. The molecule has 1 aromatic carbocycles. The molecule has 7 nitrogen and oxygen atoms in total. The number of hydrogen-bond acceptors (Lipinski definition) is 6. The van der Waals surface area contributed by atoms with Crippen LogP contribution in [0.5, 0.6) is 11.5 Å². The van der Waals surface area contributed by atoms with Crippen LogP contribution >= 0.6 is 0 Å². The van der Waals surface area contributed by atoms with Gasteiger partial charge in [0.15, 0.2) is 11.2 Å². The van der Waals surface area contributed by atoms with Gasteiger partial charge in [-0.3, -0.25) is 9.36 Å². The second kappa shape index (κ2) is 5.80. The lowest BCUT2D eigenvalue weighted by Gasteiger charge is -2.14. The topological polar surface area (TPSA) is 79.1 Å². The average molecular weight is 298 g/mol. The van der Waals surface area contributed by atoms with E-state index in [4.69, 9.17) is 9.47 Å². The first-order valence-electron chi connectivity index (χ1n) is 6.60. The van der Waals surface area contributed by atoms with E-state index in [1.54, 1.807) is 14.2 Å². The van der Waals surface area contributed by atoms with E-state index in [0.29, 0.717) is 17.1 Å². The molecule has 2 aromatic heterocycles. The molecule has 0 fully saturated rings. The Kier molecular flexibility index (Phi) is 3.69. The zero-order valence-corrected chi connectivity index (χ0v) is 12.2. The molecule has 2 heterocycles. The van der Waals surface area contributed by atoms with Crippen LogP contribution in [0.25, 0.3) is 11.2 Å². The first-order valence-corrected chi connectivity index (χ1v) is 6.60. The van der Waals surface area contributed by atoms with Crippen molar-refractivity contribution in [3.05, 3.63) is 52.8 Å². The average Bonchev–Trinajstić information content (AvgIpc) is 2.57. The van der Waals surface area contributed by atoms with E-state index in [9.17, 15) is 4.79 Å². The van der Waals surface area contributed by atoms with Crippen LogP contribution in [-0.4, -0.2) is 33.7 Å². The summed E-state index contributed by atoms with van der Waals surface area (Å²) in [5, 5.41) is 0. The van der Waals surface area contributed by atoms with E-state index in [1.807, 2.05) is 18.2 Å². The molecule has 3 aromatic rings. The van der Waals surface area contributed by atoms with Crippen LogP contribution in [0.3, 0.4) is 0 Å². The Hall–Kier alpha value is -2.96. The van der Waals surface area contributed by atoms with Gasteiger partial charge in [0, 0.05) is 12.4 Å². The highest BCUT2D eigenvalue weighted by Crippen LogP contribution is 2.28. The molecular weight excluding hydrogens is 284 g/mol. The van der Waals surface area contributed by atoms with Crippen molar-refractivity contribution in [1.29, 1.82) is 0 Å². The standard InChI is InChI=1S/C15H14N4O3/c1-21-11-4-3-5-12(22-2)10(11)8-19-9-18-14-13(15(19)20)16-6-7-17-14/h3-7,9H,8H2,1-2H3. The van der Waals surface area contributed by atoms with Crippen molar-refractivity contribution in [3.8, 4) is 11.5 Å². The minimum Gasteiger partial charge on any atom is -0.496 e. The maximum absolute atomic E-state index is 12.5. The number of nitrogens with zero attached hydrogens (tertiary/aromatic N) is 4. The Morgan fingerprint density at radius 3 is 2.41 bits per heavy atom. The smallest absolute Gasteiger partial charge is 0.281 e. The largest absolute Gasteiger partial charge is 0.496 e. The minimum absolute atomic E-state index is 0.235. The first kappa shape index (κ1) is 14.0. The van der Waals surface area contributed by atoms with Crippen molar-refractivity contribution in [2.75, 3.05) is 14.2 Å². The van der Waals surface area contributed by atoms with Crippen LogP contribution < -0.4 is 15.0 Å². The Bertz CT molecular complexity index is 854. The Morgan fingerprint density at radius 1 is 1.05 bits per heavy atom. The Balaban J connectivity index is 2.11. The van der Waals surface area contributed by atoms with E-state index in [-0.39, 0.29) is 17.6 Å². The lowest BCUT2D eigenvalue weighted by atomic mass is 10.1. The molecule has 0 N–H and O–H groups in total. The predicted octanol–water partition coefficient (Wildman–Crippen LogP) is 1.25. The maximum Gasteiger partial charge on any atom is 0.281 e. The zero-order valence-electron chi connectivity index (χ0n) is 12.2. The van der Waals surface area contributed by atoms with Crippen LogP contribution in [0.2, 0.25) is 0 Å². The summed E-state index contributed by atoms with van der Waals surface area (Å²) in [6.45, 7) is 0.269. The number of methoxy groups -OCH3 is 2. The first-order chi connectivity index (χ1) is 10.7. The highest BCUT2D eigenvalue weighted by atomic mass is 16.5. The van der Waals surface area contributed by atoms with E-state index in [2.05, 4.69) is 15.0 Å². The molecular formula is C15H14N4O3. The molecule has 0 spiro atoms. The molecule has 0 unspecified atom stereocenters. The molecule has 0 bridgehead atoms. The second-order valence-electron chi connectivity index (χ2n) is 4.55. The van der Waals surface area contributed by atoms with Gasteiger partial charge in [0.2, 0.25) is 0 Å². The monoisotopic (exact) mass is 298 g/mol. The normalized spacial score (nSPS) is 10.6. The fourth-order valence-electron chi connectivity index (χ4n) is 2.26. The van der Waals surface area contributed by atoms with Gasteiger partial charge >= 0.3 is 0 Å². The Morgan fingerprint density at radius 2 is 1.73 bits per heavy atom. The summed E-state index contributed by atoms with van der Waals surface area (Å²) in [7, 11) is 3.15. The molecule has 0 amide bonds. The van der Waals surface area contributed by atoms with Crippen molar-refractivity contribution in [1.82, 2.24) is 19.5 Å². The summed E-state index contributed by atoms with van der Waals surface area (Å²) in [6, 6.07) is 5.46. The fourth-order valence-corrected chi connectivity index (χ4v) is 2.26. The van der Waals surface area contributed by atoms with Gasteiger partial charge in [-0.1, -0.05) is 6.07 Å². The van der Waals surface area contributed by atoms with Gasteiger partial charge in [-0.25, -0.2) is 15.0 Å². The molecule has 0 saturated heterocycles. The second-order valence-corrected chi connectivity index (χ2v) is 4.55. The molecule has 0 atom stereocenters. The van der Waals surface area contributed by atoms with Crippen molar-refractivity contribution >= 4 is 11.2 Å². The lowest BCUT2D eigenvalue weighted by molar-refractivity contribution is 0.383. The van der Waals surface area contributed by atoms with E-state index in [1.165, 1.54) is 23.3 Å². The van der Waals surface area contributed by atoms with Gasteiger partial charge in [0.05, 0.1) is 26.3 Å². The summed E-state index contributed by atoms with van der Waals surface area (Å²) in [5.74, 6) is 1.29. The molecule has 0 aliphatic carbocycles. The molecule has 22 heavy (non-hydrogen) atoms. The number of fused-ring (bicyclic) bond motifs is 1. The van der Waals surface area contributed by atoms with Gasteiger partial charge in [0.1, 0.15) is 17.8 Å². The summed E-state index contributed by atoms with van der Waals surface area (Å²) >= 11 is 0. The summed E-state index contributed by atoms with van der Waals surface area (Å²) in [6.07, 6.45) is 4.42. The van der Waals surface area contributed by atoms with Crippen LogP contribution in [0.4, 0.5) is 0 Å². The molecule has 112 valence electrons. The van der Waals surface area contributed by atoms with Crippen molar-refractivity contribution in [2.24, 2.45) is 0 Å². The van der Waals surface area contributed by atoms with Gasteiger partial charge in [-0.2, -0.15) is 0 Å². The molecule has 0 saturated carbocycles. The van der Waals surface area contributed by atoms with Crippen LogP contribution in [0, 0.1) is 0 Å². The highest BCUT2D eigenvalue weighted by molar-refractivity contribution is 5.67. The quantitative estimate of drug-likeness (QED) is 0.721. The fraction of sp³-hybridized carbons (Fsp3) is 0.200. The van der Waals surface area contributed by atoms with Crippen LogP contribution in [0.1, 0.15) is 5.56 Å². The van der Waals surface area contributed by atoms with Crippen molar-refractivity contribution in [2.45, 2.75) is 6.54 Å². The summed E-state index contributed by atoms with van der Waals surface area (Å²) < 4.78 is 12.1. The van der Waals surface area contributed by atoms with Gasteiger partial charge in [0.25, 0.3) is 5.56 Å². The van der Waals surface area contributed by atoms with Gasteiger partial charge in [-0.15, -0.1) is 0 Å². The third-order valence-corrected chi connectivity index (χ3v) is 3.32. The number of rotatable bonds is 4.